The van der Waals surface area contributed by atoms with E-state index in [0.29, 0.717) is 12.5 Å². The lowest BCUT2D eigenvalue weighted by Crippen LogP contribution is -2.67. The molecule has 1 saturated heterocycles. The van der Waals surface area contributed by atoms with Crippen molar-refractivity contribution < 1.29 is 9.22 Å². The summed E-state index contributed by atoms with van der Waals surface area (Å²) in [5, 5.41) is 5.65. The van der Waals surface area contributed by atoms with Crippen LogP contribution in [0.2, 0.25) is 5.04 Å². The minimum atomic E-state index is -2.48. The Hall–Kier alpha value is -1.91. The fraction of sp³-hybridized carbons (Fsp3) is 0.458. The monoisotopic (exact) mass is 395 g/mol. The van der Waals surface area contributed by atoms with Crippen LogP contribution in [-0.2, 0) is 9.22 Å². The van der Waals surface area contributed by atoms with Gasteiger partial charge in [0.1, 0.15) is 0 Å². The average molecular weight is 396 g/mol. The predicted molar refractivity (Wildman–Crippen MR) is 118 cm³/mol. The summed E-state index contributed by atoms with van der Waals surface area (Å²) in [5.41, 5.74) is 0. The van der Waals surface area contributed by atoms with Gasteiger partial charge >= 0.3 is 0 Å². The number of nitrogens with one attached hydrogen (secondary N) is 1. The molecule has 2 aromatic rings. The molecule has 0 saturated carbocycles. The van der Waals surface area contributed by atoms with Crippen molar-refractivity contribution in [3.63, 3.8) is 0 Å². The van der Waals surface area contributed by atoms with E-state index in [1.807, 2.05) is 0 Å². The Labute approximate surface area is 170 Å². The summed E-state index contributed by atoms with van der Waals surface area (Å²) in [6.07, 6.45) is 0.860. The topological polar surface area (TPSA) is 38.3 Å². The molecule has 3 nitrogen and oxygen atoms in total. The van der Waals surface area contributed by atoms with Gasteiger partial charge in [0.15, 0.2) is 0 Å². The van der Waals surface area contributed by atoms with Gasteiger partial charge in [-0.05, 0) is 27.8 Å². The Kier molecular flexibility index (Phi) is 6.11. The fourth-order valence-corrected chi connectivity index (χ4v) is 9.15. The molecule has 1 aliphatic rings. The summed E-state index contributed by atoms with van der Waals surface area (Å²) < 4.78 is 6.92. The molecule has 150 valence electrons. The third-order valence-corrected chi connectivity index (χ3v) is 11.0. The van der Waals surface area contributed by atoms with Crippen LogP contribution in [-0.4, -0.2) is 26.9 Å². The molecule has 2 aromatic carbocycles. The second kappa shape index (κ2) is 8.22. The summed E-state index contributed by atoms with van der Waals surface area (Å²) in [6.45, 7) is 11.8. The Morgan fingerprint density at radius 1 is 0.964 bits per heavy atom. The standard InChI is InChI=1S/C24H33NO2Si/c1-18(2)22-21(25-23(22)26)16-17-27-28(24(3,4)5,19-12-8-6-9-13-19)20-14-10-7-11-15-20/h6-15,18,21-22H,16-17H2,1-5H3,(H,25,26)/t21-,22-/m0/s1. The molecule has 0 bridgehead atoms. The number of carbonyl (C=O) groups excluding carboxylic acids is 1. The molecule has 3 rings (SSSR count). The zero-order chi connectivity index (χ0) is 20.4. The van der Waals surface area contributed by atoms with Crippen LogP contribution >= 0.6 is 0 Å². The maximum atomic E-state index is 11.9. The molecule has 1 N–H and O–H groups in total. The van der Waals surface area contributed by atoms with Crippen molar-refractivity contribution in [2.75, 3.05) is 6.61 Å². The molecular weight excluding hydrogens is 362 g/mol. The molecule has 1 heterocycles. The zero-order valence-corrected chi connectivity index (χ0v) is 18.7. The first-order chi connectivity index (χ1) is 13.3. The molecule has 4 heteroatoms. The first-order valence-corrected chi connectivity index (χ1v) is 12.2. The lowest BCUT2D eigenvalue weighted by molar-refractivity contribution is -0.137. The van der Waals surface area contributed by atoms with Crippen molar-refractivity contribution in [3.8, 4) is 0 Å². The number of hydrogen-bond acceptors (Lipinski definition) is 2. The minimum Gasteiger partial charge on any atom is -0.407 e. The number of β-lactam (4-membered cyclic amide) rings is 1. The van der Waals surface area contributed by atoms with Gasteiger partial charge in [-0.1, -0.05) is 95.3 Å². The second-order valence-corrected chi connectivity index (χ2v) is 13.5. The van der Waals surface area contributed by atoms with Gasteiger partial charge in [0, 0.05) is 12.6 Å². The van der Waals surface area contributed by atoms with Crippen molar-refractivity contribution >= 4 is 24.6 Å². The largest absolute Gasteiger partial charge is 0.407 e. The maximum absolute atomic E-state index is 11.9. The summed E-state index contributed by atoms with van der Waals surface area (Å²) in [7, 11) is -2.48. The van der Waals surface area contributed by atoms with Crippen molar-refractivity contribution in [3.05, 3.63) is 60.7 Å². The number of rotatable bonds is 7. The van der Waals surface area contributed by atoms with Crippen molar-refractivity contribution in [2.45, 2.75) is 52.1 Å². The van der Waals surface area contributed by atoms with Gasteiger partial charge < -0.3 is 9.74 Å². The van der Waals surface area contributed by atoms with Gasteiger partial charge in [-0.2, -0.15) is 0 Å². The second-order valence-electron chi connectivity index (χ2n) is 9.19. The normalized spacial score (nSPS) is 20.0. The highest BCUT2D eigenvalue weighted by Crippen LogP contribution is 2.37. The van der Waals surface area contributed by atoms with Crippen molar-refractivity contribution in [1.82, 2.24) is 5.32 Å². The highest BCUT2D eigenvalue weighted by Gasteiger charge is 2.50. The van der Waals surface area contributed by atoms with Crippen LogP contribution in [0.15, 0.2) is 60.7 Å². The van der Waals surface area contributed by atoms with Crippen LogP contribution in [0, 0.1) is 11.8 Å². The minimum absolute atomic E-state index is 0.0178. The Balaban J connectivity index is 1.90. The number of benzene rings is 2. The van der Waals surface area contributed by atoms with Crippen LogP contribution in [0.25, 0.3) is 0 Å². The van der Waals surface area contributed by atoms with Gasteiger partial charge in [0.05, 0.1) is 5.92 Å². The molecule has 2 atom stereocenters. The highest BCUT2D eigenvalue weighted by molar-refractivity contribution is 6.99. The Bertz CT molecular complexity index is 744. The highest BCUT2D eigenvalue weighted by atomic mass is 28.4. The summed E-state index contributed by atoms with van der Waals surface area (Å²) in [5.74, 6) is 0.666. The third kappa shape index (κ3) is 3.81. The molecule has 1 amide bonds. The number of carbonyl (C=O) groups is 1. The molecule has 0 aliphatic carbocycles. The van der Waals surface area contributed by atoms with E-state index in [-0.39, 0.29) is 22.9 Å². The molecule has 0 aromatic heterocycles. The number of amides is 1. The lowest BCUT2D eigenvalue weighted by atomic mass is 9.80. The van der Waals surface area contributed by atoms with E-state index in [1.54, 1.807) is 0 Å². The van der Waals surface area contributed by atoms with E-state index in [1.165, 1.54) is 10.4 Å². The van der Waals surface area contributed by atoms with Gasteiger partial charge in [-0.3, -0.25) is 4.79 Å². The van der Waals surface area contributed by atoms with E-state index in [0.717, 1.165) is 6.42 Å². The van der Waals surface area contributed by atoms with Crippen LogP contribution in [0.5, 0.6) is 0 Å². The third-order valence-electron chi connectivity index (χ3n) is 5.95. The summed E-state index contributed by atoms with van der Waals surface area (Å²) in [4.78, 5) is 11.9. The quantitative estimate of drug-likeness (QED) is 0.573. The first-order valence-electron chi connectivity index (χ1n) is 10.3. The van der Waals surface area contributed by atoms with E-state index in [2.05, 4.69) is 101 Å². The maximum Gasteiger partial charge on any atom is 0.261 e. The average Bonchev–Trinajstić information content (AvgIpc) is 2.64. The molecule has 0 spiro atoms. The Morgan fingerprint density at radius 3 is 1.86 bits per heavy atom. The number of hydrogen-bond donors (Lipinski definition) is 1. The Morgan fingerprint density at radius 2 is 1.46 bits per heavy atom. The smallest absolute Gasteiger partial charge is 0.261 e. The van der Waals surface area contributed by atoms with Gasteiger partial charge in [-0.25, -0.2) is 0 Å². The first kappa shape index (κ1) is 20.8. The molecule has 28 heavy (non-hydrogen) atoms. The van der Waals surface area contributed by atoms with Crippen LogP contribution in [0.1, 0.15) is 41.0 Å². The molecule has 1 aliphatic heterocycles. The van der Waals surface area contributed by atoms with E-state index >= 15 is 0 Å². The lowest BCUT2D eigenvalue weighted by Gasteiger charge is -2.44. The van der Waals surface area contributed by atoms with E-state index < -0.39 is 8.32 Å². The van der Waals surface area contributed by atoms with Gasteiger partial charge in [-0.15, -0.1) is 0 Å². The van der Waals surface area contributed by atoms with Crippen LogP contribution < -0.4 is 15.7 Å². The fourth-order valence-electron chi connectivity index (χ4n) is 4.57. The molecular formula is C24H33NO2Si. The molecule has 1 fully saturated rings. The zero-order valence-electron chi connectivity index (χ0n) is 17.7. The molecule has 0 unspecified atom stereocenters. The van der Waals surface area contributed by atoms with Crippen LogP contribution in [0.4, 0.5) is 0 Å². The van der Waals surface area contributed by atoms with Gasteiger partial charge in [0.25, 0.3) is 8.32 Å². The SMILES string of the molecule is CC(C)[C@@H]1C(=O)N[C@H]1CCO[Si](c1ccccc1)(c1ccccc1)C(C)(C)C. The summed E-state index contributed by atoms with van der Waals surface area (Å²) >= 11 is 0. The van der Waals surface area contributed by atoms with Crippen LogP contribution in [0.3, 0.4) is 0 Å². The molecule has 0 radical (unpaired) electrons. The van der Waals surface area contributed by atoms with E-state index in [9.17, 15) is 4.79 Å². The summed E-state index contributed by atoms with van der Waals surface area (Å²) in [6, 6.07) is 21.6. The predicted octanol–water partition coefficient (Wildman–Crippen LogP) is 3.72. The van der Waals surface area contributed by atoms with Crippen molar-refractivity contribution in [2.24, 2.45) is 11.8 Å². The van der Waals surface area contributed by atoms with E-state index in [4.69, 9.17) is 4.43 Å². The van der Waals surface area contributed by atoms with Crippen molar-refractivity contribution in [1.29, 1.82) is 0 Å². The van der Waals surface area contributed by atoms with Gasteiger partial charge in [0.2, 0.25) is 5.91 Å².